The van der Waals surface area contributed by atoms with E-state index >= 15 is 0 Å². The summed E-state index contributed by atoms with van der Waals surface area (Å²) >= 11 is 5.36. The number of hydrogen-bond acceptors (Lipinski definition) is 2. The average Bonchev–Trinajstić information content (AvgIpc) is 1.98. The van der Waals surface area contributed by atoms with Crippen LogP contribution in [0.4, 0.5) is 13.2 Å². The number of halogens is 4. The molecule has 1 atom stereocenters. The van der Waals surface area contributed by atoms with Gasteiger partial charge in [-0.2, -0.15) is 13.2 Å². The summed E-state index contributed by atoms with van der Waals surface area (Å²) in [6.45, 7) is 1.19. The third-order valence-corrected chi connectivity index (χ3v) is 3.57. The highest BCUT2D eigenvalue weighted by Crippen LogP contribution is 2.21. The van der Waals surface area contributed by atoms with Gasteiger partial charge in [-0.05, 0) is 19.8 Å². The van der Waals surface area contributed by atoms with Crippen molar-refractivity contribution in [3.05, 3.63) is 0 Å². The maximum atomic E-state index is 11.9. The lowest BCUT2D eigenvalue weighted by Crippen LogP contribution is -2.37. The van der Waals surface area contributed by atoms with Gasteiger partial charge in [-0.15, -0.1) is 11.6 Å². The fraction of sp³-hybridized carbons (Fsp3) is 1.00. The Labute approximate surface area is 98.4 Å². The summed E-state index contributed by atoms with van der Waals surface area (Å²) in [5.41, 5.74) is 0. The summed E-state index contributed by atoms with van der Waals surface area (Å²) in [5.74, 6) is 0.148. The van der Waals surface area contributed by atoms with Gasteiger partial charge in [0.1, 0.15) is 0 Å². The third-order valence-electron chi connectivity index (χ3n) is 1.72. The van der Waals surface area contributed by atoms with E-state index in [1.54, 1.807) is 0 Å². The minimum atomic E-state index is -4.36. The lowest BCUT2D eigenvalue weighted by molar-refractivity contribution is -0.137. The molecule has 0 aliphatic rings. The molecule has 0 aromatic rings. The predicted octanol–water partition coefficient (Wildman–Crippen LogP) is 2.27. The van der Waals surface area contributed by atoms with Crippen molar-refractivity contribution in [2.45, 2.75) is 38.4 Å². The molecule has 0 spiro atoms. The highest BCUT2D eigenvalue weighted by Gasteiger charge is 2.31. The van der Waals surface area contributed by atoms with Gasteiger partial charge < -0.3 is 0 Å². The molecule has 0 radical (unpaired) electrons. The molecule has 0 aliphatic carbocycles. The predicted molar refractivity (Wildman–Crippen MR) is 57.0 cm³/mol. The molecule has 0 aromatic carbocycles. The average molecular weight is 282 g/mol. The normalized spacial score (nSPS) is 15.1. The van der Waals surface area contributed by atoms with Gasteiger partial charge in [0.05, 0.1) is 12.2 Å². The molecule has 98 valence electrons. The SMILES string of the molecule is CC(CC(F)(F)F)NS(=O)(=O)CCCCCl. The van der Waals surface area contributed by atoms with Crippen LogP contribution in [0.1, 0.15) is 26.2 Å². The standard InChI is InChI=1S/C8H15ClF3NO2S/c1-7(6-8(10,11)12)13-16(14,15)5-3-2-4-9/h7,13H,2-6H2,1H3. The van der Waals surface area contributed by atoms with E-state index in [2.05, 4.69) is 0 Å². The van der Waals surface area contributed by atoms with Crippen molar-refractivity contribution in [3.8, 4) is 0 Å². The second-order valence-corrected chi connectivity index (χ2v) is 5.80. The Hall–Kier alpha value is -0.0100. The Bertz CT molecular complexity index is 292. The van der Waals surface area contributed by atoms with Crippen molar-refractivity contribution in [1.29, 1.82) is 0 Å². The van der Waals surface area contributed by atoms with E-state index in [1.807, 2.05) is 4.72 Å². The molecule has 1 unspecified atom stereocenters. The van der Waals surface area contributed by atoms with Gasteiger partial charge >= 0.3 is 6.18 Å². The molecule has 8 heteroatoms. The molecule has 0 saturated carbocycles. The molecular formula is C8H15ClF3NO2S. The van der Waals surface area contributed by atoms with Crippen LogP contribution in [0.2, 0.25) is 0 Å². The molecule has 0 amide bonds. The Balaban J connectivity index is 4.06. The fourth-order valence-corrected chi connectivity index (χ4v) is 2.73. The molecule has 0 fully saturated rings. The van der Waals surface area contributed by atoms with Crippen molar-refractivity contribution >= 4 is 21.6 Å². The van der Waals surface area contributed by atoms with Gasteiger partial charge in [-0.25, -0.2) is 13.1 Å². The topological polar surface area (TPSA) is 46.2 Å². The molecule has 16 heavy (non-hydrogen) atoms. The van der Waals surface area contributed by atoms with E-state index in [4.69, 9.17) is 11.6 Å². The minimum Gasteiger partial charge on any atom is -0.212 e. The van der Waals surface area contributed by atoms with Crippen molar-refractivity contribution in [3.63, 3.8) is 0 Å². The van der Waals surface area contributed by atoms with Crippen LogP contribution in [0.15, 0.2) is 0 Å². The summed E-state index contributed by atoms with van der Waals surface area (Å²) in [7, 11) is -3.63. The first-order valence-corrected chi connectivity index (χ1v) is 6.97. The van der Waals surface area contributed by atoms with E-state index in [0.717, 1.165) is 0 Å². The minimum absolute atomic E-state index is 0.193. The van der Waals surface area contributed by atoms with Gasteiger partial charge in [-0.1, -0.05) is 0 Å². The van der Waals surface area contributed by atoms with E-state index in [9.17, 15) is 21.6 Å². The number of unbranched alkanes of at least 4 members (excludes halogenated alkanes) is 1. The van der Waals surface area contributed by atoms with Crippen LogP contribution in [0.25, 0.3) is 0 Å². The largest absolute Gasteiger partial charge is 0.390 e. The van der Waals surface area contributed by atoms with E-state index in [-0.39, 0.29) is 5.75 Å². The zero-order chi connectivity index (χ0) is 12.8. The lowest BCUT2D eigenvalue weighted by atomic mass is 10.2. The fourth-order valence-electron chi connectivity index (χ4n) is 1.14. The smallest absolute Gasteiger partial charge is 0.212 e. The van der Waals surface area contributed by atoms with Crippen LogP contribution < -0.4 is 4.72 Å². The number of hydrogen-bond donors (Lipinski definition) is 1. The molecule has 0 rings (SSSR count). The molecule has 0 heterocycles. The molecule has 0 saturated heterocycles. The Morgan fingerprint density at radius 2 is 1.88 bits per heavy atom. The maximum absolute atomic E-state index is 11.9. The molecule has 0 aromatic heterocycles. The van der Waals surface area contributed by atoms with E-state index in [1.165, 1.54) is 6.92 Å². The highest BCUT2D eigenvalue weighted by atomic mass is 35.5. The quantitative estimate of drug-likeness (QED) is 0.575. The number of sulfonamides is 1. The van der Waals surface area contributed by atoms with Gasteiger partial charge in [0.15, 0.2) is 0 Å². The van der Waals surface area contributed by atoms with Crippen LogP contribution >= 0.6 is 11.6 Å². The van der Waals surface area contributed by atoms with Gasteiger partial charge in [0.25, 0.3) is 0 Å². The van der Waals surface area contributed by atoms with E-state index in [0.29, 0.717) is 18.7 Å². The summed E-state index contributed by atoms with van der Waals surface area (Å²) in [4.78, 5) is 0. The number of nitrogens with one attached hydrogen (secondary N) is 1. The first-order chi connectivity index (χ1) is 7.16. The highest BCUT2D eigenvalue weighted by molar-refractivity contribution is 7.89. The summed E-state index contributed by atoms with van der Waals surface area (Å²) in [5, 5.41) is 0. The van der Waals surface area contributed by atoms with Gasteiger partial charge in [0, 0.05) is 11.9 Å². The van der Waals surface area contributed by atoms with Crippen molar-refractivity contribution in [2.24, 2.45) is 0 Å². The molecular weight excluding hydrogens is 267 g/mol. The first kappa shape index (κ1) is 16.0. The van der Waals surface area contributed by atoms with E-state index < -0.39 is 28.7 Å². The van der Waals surface area contributed by atoms with Crippen molar-refractivity contribution < 1.29 is 21.6 Å². The van der Waals surface area contributed by atoms with Crippen LogP contribution in [0, 0.1) is 0 Å². The summed E-state index contributed by atoms with van der Waals surface area (Å²) in [6, 6.07) is -1.14. The Kier molecular flexibility index (Phi) is 6.65. The van der Waals surface area contributed by atoms with Gasteiger partial charge in [-0.3, -0.25) is 0 Å². The van der Waals surface area contributed by atoms with Crippen LogP contribution in [0.5, 0.6) is 0 Å². The summed E-state index contributed by atoms with van der Waals surface area (Å²) < 4.78 is 60.3. The lowest BCUT2D eigenvalue weighted by Gasteiger charge is -2.15. The zero-order valence-electron chi connectivity index (χ0n) is 8.85. The summed E-state index contributed by atoms with van der Waals surface area (Å²) in [6.07, 6.45) is -4.66. The molecule has 3 nitrogen and oxygen atoms in total. The van der Waals surface area contributed by atoms with Crippen LogP contribution in [0.3, 0.4) is 0 Å². The second kappa shape index (κ2) is 6.66. The number of alkyl halides is 4. The first-order valence-electron chi connectivity index (χ1n) is 4.79. The maximum Gasteiger partial charge on any atom is 0.390 e. The molecule has 0 bridgehead atoms. The molecule has 0 aliphatic heterocycles. The third kappa shape index (κ3) is 9.23. The van der Waals surface area contributed by atoms with Crippen LogP contribution in [-0.2, 0) is 10.0 Å². The Morgan fingerprint density at radius 3 is 2.31 bits per heavy atom. The van der Waals surface area contributed by atoms with Crippen molar-refractivity contribution in [1.82, 2.24) is 4.72 Å². The Morgan fingerprint density at radius 1 is 1.31 bits per heavy atom. The monoisotopic (exact) mass is 281 g/mol. The second-order valence-electron chi connectivity index (χ2n) is 3.55. The van der Waals surface area contributed by atoms with Gasteiger partial charge in [0.2, 0.25) is 10.0 Å². The zero-order valence-corrected chi connectivity index (χ0v) is 10.4. The molecule has 1 N–H and O–H groups in total. The van der Waals surface area contributed by atoms with Crippen LogP contribution in [-0.4, -0.2) is 32.3 Å². The number of rotatable bonds is 7. The van der Waals surface area contributed by atoms with Crippen molar-refractivity contribution in [2.75, 3.05) is 11.6 Å².